The largest absolute Gasteiger partial charge is 0.456 e. The molecule has 17 rings (SSSR count). The van der Waals surface area contributed by atoms with E-state index in [-0.39, 0.29) is 0 Å². The minimum atomic E-state index is 0.314. The third-order valence-corrected chi connectivity index (χ3v) is 16.8. The van der Waals surface area contributed by atoms with Gasteiger partial charge in [-0.05, 0) is 147 Å². The molecule has 11 aromatic carbocycles. The number of fused-ring (bicyclic) bond motifs is 18. The van der Waals surface area contributed by atoms with Crippen molar-refractivity contribution >= 4 is 110 Å². The fourth-order valence-electron chi connectivity index (χ4n) is 13.0. The van der Waals surface area contributed by atoms with E-state index in [1.807, 2.05) is 6.07 Å². The number of rotatable bonds is 4. The summed E-state index contributed by atoms with van der Waals surface area (Å²) in [5.41, 5.74) is 21.6. The molecule has 0 radical (unpaired) electrons. The van der Waals surface area contributed by atoms with Crippen LogP contribution in [0.2, 0.25) is 0 Å². The second-order valence-corrected chi connectivity index (χ2v) is 20.7. The minimum Gasteiger partial charge on any atom is -0.456 e. The molecule has 0 spiro atoms. The Hall–Kier alpha value is -9.58. The van der Waals surface area contributed by atoms with Crippen LogP contribution in [0.4, 0.5) is 0 Å². The van der Waals surface area contributed by atoms with Crippen molar-refractivity contribution < 1.29 is 17.7 Å². The van der Waals surface area contributed by atoms with E-state index in [4.69, 9.17) is 17.7 Å². The Labute approximate surface area is 429 Å². The highest BCUT2D eigenvalue weighted by Crippen LogP contribution is 2.47. The number of para-hydroxylation sites is 2. The summed E-state index contributed by atoms with van der Waals surface area (Å²) in [6, 6.07) is 79.0. The summed E-state index contributed by atoms with van der Waals surface area (Å²) in [6.07, 6.45) is 0.978. The normalized spacial score (nSPS) is 14.9. The maximum Gasteiger partial charge on any atom is 0.139 e. The van der Waals surface area contributed by atoms with Crippen molar-refractivity contribution in [1.29, 1.82) is 0 Å². The van der Waals surface area contributed by atoms with Crippen LogP contribution in [0.1, 0.15) is 35.4 Å². The Balaban J connectivity index is 0.710. The summed E-state index contributed by atoms with van der Waals surface area (Å²) in [7, 11) is 0. The maximum atomic E-state index is 6.54. The fraction of sp³-hybridized carbons (Fsp3) is 0.0571. The van der Waals surface area contributed by atoms with Gasteiger partial charge < -0.3 is 22.2 Å². The van der Waals surface area contributed by atoms with Crippen LogP contribution in [-0.4, -0.2) is 4.57 Å². The molecule has 2 atom stereocenters. The molecule has 0 bridgehead atoms. The molecule has 1 aliphatic rings. The van der Waals surface area contributed by atoms with Crippen LogP contribution in [0.3, 0.4) is 0 Å². The van der Waals surface area contributed by atoms with Gasteiger partial charge in [0.05, 0.1) is 11.0 Å². The zero-order valence-electron chi connectivity index (χ0n) is 40.7. The number of hydrogen-bond acceptors (Lipinski definition) is 4. The Morgan fingerprint density at radius 2 is 0.773 bits per heavy atom. The van der Waals surface area contributed by atoms with Crippen LogP contribution in [0.15, 0.2) is 236 Å². The Kier molecular flexibility index (Phi) is 8.32. The van der Waals surface area contributed by atoms with E-state index in [0.717, 1.165) is 122 Å². The topological polar surface area (TPSA) is 57.5 Å². The molecule has 5 nitrogen and oxygen atoms in total. The molecule has 0 saturated carbocycles. The van der Waals surface area contributed by atoms with Crippen molar-refractivity contribution in [2.24, 2.45) is 0 Å². The molecule has 0 amide bonds. The molecule has 1 aliphatic carbocycles. The van der Waals surface area contributed by atoms with E-state index < -0.39 is 0 Å². The van der Waals surface area contributed by atoms with Gasteiger partial charge in [0, 0.05) is 71.7 Å². The van der Waals surface area contributed by atoms with Gasteiger partial charge in [-0.2, -0.15) is 0 Å². The highest BCUT2D eigenvalue weighted by atomic mass is 16.3. The standard InChI is InChI=1S/C70H43NO4/c1-39-47-11-4-5-13-49(47)48-12-3-2-10-44(48)32-52(39)45-24-28-65-55(33-45)59-35-57-53-30-42(22-26-63(53)72-67(57)37-69(59)74-65)40-18-20-41(21-19-40)43-23-27-64-54(31-43)58-36-60-56-34-46(25-29-66(56)75-70(60)38-68(58)73-64)71-61-16-8-6-14-50(61)51-15-7-9-17-62(51)71/h2-31,33-39,52H,32H2,1H3. The van der Waals surface area contributed by atoms with Crippen LogP contribution < -0.4 is 0 Å². The number of nitrogens with zero attached hydrogens (tertiary/aromatic N) is 1. The summed E-state index contributed by atoms with van der Waals surface area (Å²) in [5.74, 6) is 0.654. The van der Waals surface area contributed by atoms with Crippen molar-refractivity contribution in [2.45, 2.75) is 25.2 Å². The van der Waals surface area contributed by atoms with E-state index in [1.165, 1.54) is 49.6 Å². The highest BCUT2D eigenvalue weighted by Gasteiger charge is 2.29. The summed E-state index contributed by atoms with van der Waals surface area (Å²) < 4.78 is 28.4. The molecule has 5 heteroatoms. The van der Waals surface area contributed by atoms with Gasteiger partial charge in [-0.3, -0.25) is 0 Å². The van der Waals surface area contributed by atoms with Crippen molar-refractivity contribution in [2.75, 3.05) is 0 Å². The fourth-order valence-corrected chi connectivity index (χ4v) is 13.0. The first-order valence-electron chi connectivity index (χ1n) is 25.9. The van der Waals surface area contributed by atoms with Crippen LogP contribution in [0.25, 0.3) is 149 Å². The molecule has 75 heavy (non-hydrogen) atoms. The summed E-state index contributed by atoms with van der Waals surface area (Å²) in [5, 5.41) is 11.2. The lowest BCUT2D eigenvalue weighted by Gasteiger charge is -2.24. The zero-order valence-corrected chi connectivity index (χ0v) is 40.7. The highest BCUT2D eigenvalue weighted by molar-refractivity contribution is 6.18. The molecule has 0 fully saturated rings. The first-order chi connectivity index (χ1) is 37.0. The molecular weight excluding hydrogens is 919 g/mol. The summed E-state index contributed by atoms with van der Waals surface area (Å²) in [6.45, 7) is 2.39. The zero-order chi connectivity index (χ0) is 49.0. The van der Waals surface area contributed by atoms with Crippen molar-refractivity contribution in [3.8, 4) is 39.1 Å². The van der Waals surface area contributed by atoms with E-state index in [2.05, 4.69) is 224 Å². The van der Waals surface area contributed by atoms with Crippen molar-refractivity contribution in [3.63, 3.8) is 0 Å². The molecule has 5 aromatic heterocycles. The summed E-state index contributed by atoms with van der Waals surface area (Å²) in [4.78, 5) is 0. The van der Waals surface area contributed by atoms with Gasteiger partial charge in [-0.25, -0.2) is 0 Å². The van der Waals surface area contributed by atoms with E-state index in [9.17, 15) is 0 Å². The Bertz CT molecular complexity index is 5020. The lowest BCUT2D eigenvalue weighted by molar-refractivity contribution is 0.579. The molecule has 5 heterocycles. The number of aromatic nitrogens is 1. The van der Waals surface area contributed by atoms with Crippen LogP contribution in [0.5, 0.6) is 0 Å². The number of furan rings is 4. The average molecular weight is 962 g/mol. The van der Waals surface area contributed by atoms with Gasteiger partial charge in [0.25, 0.3) is 0 Å². The Morgan fingerprint density at radius 3 is 1.36 bits per heavy atom. The van der Waals surface area contributed by atoms with Gasteiger partial charge in [-0.1, -0.05) is 134 Å². The predicted molar refractivity (Wildman–Crippen MR) is 308 cm³/mol. The maximum absolute atomic E-state index is 6.54. The van der Waals surface area contributed by atoms with Crippen LogP contribution in [-0.2, 0) is 6.42 Å². The van der Waals surface area contributed by atoms with Gasteiger partial charge in [0.15, 0.2) is 0 Å². The number of benzene rings is 11. The van der Waals surface area contributed by atoms with Crippen molar-refractivity contribution in [1.82, 2.24) is 4.57 Å². The average Bonchev–Trinajstić information content (AvgIpc) is 4.29. The molecule has 0 N–H and O–H groups in total. The SMILES string of the molecule is CC1c2ccccc2-c2ccccc2CC1c1ccc2oc3cc4oc5ccc(-c6ccc(-c7ccc8oc9cc%10oc%11ccc(-n%12c%13ccccc%13c%13ccccc%13%12)cc%11c%10cc9c8c7)cc6)cc5c4cc3c2c1. The van der Waals surface area contributed by atoms with E-state index in [1.54, 1.807) is 0 Å². The minimum absolute atomic E-state index is 0.314. The second-order valence-electron chi connectivity index (χ2n) is 20.7. The Morgan fingerprint density at radius 1 is 0.333 bits per heavy atom. The third-order valence-electron chi connectivity index (χ3n) is 16.8. The van der Waals surface area contributed by atoms with Gasteiger partial charge in [-0.15, -0.1) is 0 Å². The van der Waals surface area contributed by atoms with Crippen LogP contribution in [0, 0.1) is 0 Å². The quantitative estimate of drug-likeness (QED) is 0.176. The second kappa shape index (κ2) is 15.2. The van der Waals surface area contributed by atoms with Crippen LogP contribution >= 0.6 is 0 Å². The van der Waals surface area contributed by atoms with Gasteiger partial charge in [0.1, 0.15) is 44.7 Å². The molecule has 0 saturated heterocycles. The molecule has 16 aromatic rings. The smallest absolute Gasteiger partial charge is 0.139 e. The molecule has 0 aliphatic heterocycles. The lowest BCUT2D eigenvalue weighted by Crippen LogP contribution is -2.10. The molecular formula is C70H43NO4. The third kappa shape index (κ3) is 6.01. The number of hydrogen-bond donors (Lipinski definition) is 0. The lowest BCUT2D eigenvalue weighted by atomic mass is 9.80. The van der Waals surface area contributed by atoms with Crippen molar-refractivity contribution in [3.05, 3.63) is 235 Å². The van der Waals surface area contributed by atoms with E-state index >= 15 is 0 Å². The monoisotopic (exact) mass is 961 g/mol. The first-order valence-corrected chi connectivity index (χ1v) is 25.9. The predicted octanol–water partition coefficient (Wildman–Crippen LogP) is 19.8. The van der Waals surface area contributed by atoms with Gasteiger partial charge >= 0.3 is 0 Å². The first kappa shape index (κ1) is 41.0. The molecule has 2 unspecified atom stereocenters. The molecule has 352 valence electrons. The summed E-state index contributed by atoms with van der Waals surface area (Å²) >= 11 is 0. The van der Waals surface area contributed by atoms with Gasteiger partial charge in [0.2, 0.25) is 0 Å². The van der Waals surface area contributed by atoms with E-state index in [0.29, 0.717) is 11.8 Å².